The number of aromatic carboxylic acids is 1. The minimum atomic E-state index is -1.03. The molecule has 0 unspecified atom stereocenters. The fraction of sp³-hybridized carbons (Fsp3) is 0.250. The molecule has 2 aromatic heterocycles. The molecule has 2 heterocycles. The van der Waals surface area contributed by atoms with Gasteiger partial charge in [-0.15, -0.1) is 0 Å². The Balaban J connectivity index is 2.05. The normalized spacial score (nSPS) is 10.9. The van der Waals surface area contributed by atoms with Crippen molar-refractivity contribution in [3.63, 3.8) is 0 Å². The van der Waals surface area contributed by atoms with Crippen LogP contribution in [0.25, 0.3) is 5.65 Å². The monoisotopic (exact) mass is 351 g/mol. The number of pyridine rings is 1. The fourth-order valence-electron chi connectivity index (χ4n) is 2.97. The van der Waals surface area contributed by atoms with Gasteiger partial charge in [0.15, 0.2) is 0 Å². The van der Waals surface area contributed by atoms with E-state index >= 15 is 0 Å². The zero-order valence-electron chi connectivity index (χ0n) is 15.0. The Bertz CT molecular complexity index is 1000. The van der Waals surface area contributed by atoms with Gasteiger partial charge < -0.3 is 10.4 Å². The molecule has 3 aromatic rings. The number of nitrogens with zero attached hydrogens (tertiary/aromatic N) is 2. The molecule has 0 aliphatic rings. The quantitative estimate of drug-likeness (QED) is 0.731. The number of aryl methyl sites for hydroxylation is 3. The average Bonchev–Trinajstić information content (AvgIpc) is 2.96. The van der Waals surface area contributed by atoms with Crippen LogP contribution in [0.4, 0.5) is 5.69 Å². The number of hydrogen-bond donors (Lipinski definition) is 2. The van der Waals surface area contributed by atoms with Crippen LogP contribution in [0.2, 0.25) is 0 Å². The topological polar surface area (TPSA) is 83.7 Å². The van der Waals surface area contributed by atoms with Gasteiger partial charge in [0.25, 0.3) is 5.91 Å². The number of benzene rings is 1. The molecule has 0 spiro atoms. The van der Waals surface area contributed by atoms with Crippen molar-refractivity contribution in [2.45, 2.75) is 33.6 Å². The summed E-state index contributed by atoms with van der Waals surface area (Å²) in [5.74, 6) is -1.32. The summed E-state index contributed by atoms with van der Waals surface area (Å²) in [6, 6.07) is 8.52. The Morgan fingerprint density at radius 1 is 1.19 bits per heavy atom. The van der Waals surface area contributed by atoms with Crippen LogP contribution in [0.3, 0.4) is 0 Å². The Hall–Kier alpha value is -3.15. The van der Waals surface area contributed by atoms with Crippen molar-refractivity contribution in [1.82, 2.24) is 9.38 Å². The first-order valence-corrected chi connectivity index (χ1v) is 8.54. The SMILES string of the molecule is CCCc1nc2c(C)cccn2c1C(=O)Nc1cc(C(=O)O)ccc1C. The van der Waals surface area contributed by atoms with Gasteiger partial charge in [-0.1, -0.05) is 25.5 Å². The lowest BCUT2D eigenvalue weighted by Gasteiger charge is -2.10. The summed E-state index contributed by atoms with van der Waals surface area (Å²) in [6.45, 7) is 5.83. The van der Waals surface area contributed by atoms with Crippen molar-refractivity contribution in [2.75, 3.05) is 5.32 Å². The number of nitrogens with one attached hydrogen (secondary N) is 1. The highest BCUT2D eigenvalue weighted by atomic mass is 16.4. The number of imidazole rings is 1. The Morgan fingerprint density at radius 3 is 2.65 bits per heavy atom. The molecular formula is C20H21N3O3. The molecule has 0 bridgehead atoms. The van der Waals surface area contributed by atoms with Gasteiger partial charge in [0.2, 0.25) is 0 Å². The molecule has 0 saturated heterocycles. The van der Waals surface area contributed by atoms with Crippen LogP contribution in [0, 0.1) is 13.8 Å². The molecule has 0 atom stereocenters. The zero-order valence-corrected chi connectivity index (χ0v) is 15.0. The first kappa shape index (κ1) is 17.7. The number of carboxylic acids is 1. The summed E-state index contributed by atoms with van der Waals surface area (Å²) in [5.41, 5.74) is 4.40. The molecule has 6 nitrogen and oxygen atoms in total. The van der Waals surface area contributed by atoms with E-state index in [9.17, 15) is 14.7 Å². The minimum absolute atomic E-state index is 0.133. The number of carbonyl (C=O) groups is 2. The summed E-state index contributed by atoms with van der Waals surface area (Å²) in [7, 11) is 0. The van der Waals surface area contributed by atoms with E-state index in [1.165, 1.54) is 12.1 Å². The van der Waals surface area contributed by atoms with Crippen molar-refractivity contribution in [2.24, 2.45) is 0 Å². The largest absolute Gasteiger partial charge is 0.478 e. The van der Waals surface area contributed by atoms with Crippen molar-refractivity contribution in [3.05, 3.63) is 64.6 Å². The third kappa shape index (κ3) is 3.18. The number of rotatable bonds is 5. The van der Waals surface area contributed by atoms with Crippen LogP contribution in [0.5, 0.6) is 0 Å². The molecular weight excluding hydrogens is 330 g/mol. The smallest absolute Gasteiger partial charge is 0.335 e. The fourth-order valence-corrected chi connectivity index (χ4v) is 2.97. The molecule has 1 amide bonds. The van der Waals surface area contributed by atoms with Crippen molar-refractivity contribution in [3.8, 4) is 0 Å². The molecule has 0 aliphatic carbocycles. The highest BCUT2D eigenvalue weighted by molar-refractivity contribution is 6.05. The first-order chi connectivity index (χ1) is 12.4. The summed E-state index contributed by atoms with van der Waals surface area (Å²) >= 11 is 0. The predicted molar refractivity (Wildman–Crippen MR) is 100 cm³/mol. The minimum Gasteiger partial charge on any atom is -0.478 e. The molecule has 3 rings (SSSR count). The Labute approximate surface area is 151 Å². The van der Waals surface area contributed by atoms with Gasteiger partial charge in [-0.2, -0.15) is 0 Å². The Kier molecular flexibility index (Phi) is 4.75. The van der Waals surface area contributed by atoms with Gasteiger partial charge in [-0.25, -0.2) is 9.78 Å². The lowest BCUT2D eigenvalue weighted by molar-refractivity contribution is 0.0696. The Morgan fingerprint density at radius 2 is 1.96 bits per heavy atom. The average molecular weight is 351 g/mol. The number of aromatic nitrogens is 2. The summed E-state index contributed by atoms with van der Waals surface area (Å²) in [6.07, 6.45) is 3.39. The standard InChI is InChI=1S/C20H21N3O3/c1-4-6-15-17(23-10-5-7-13(3)18(23)21-15)19(24)22-16-11-14(20(25)26)9-8-12(16)2/h5,7-11H,4,6H2,1-3H3,(H,22,24)(H,25,26). The second kappa shape index (κ2) is 7.00. The van der Waals surface area contributed by atoms with Gasteiger partial charge in [0.1, 0.15) is 11.3 Å². The van der Waals surface area contributed by atoms with Gasteiger partial charge in [-0.3, -0.25) is 9.20 Å². The summed E-state index contributed by atoms with van der Waals surface area (Å²) < 4.78 is 1.80. The van der Waals surface area contributed by atoms with Crippen LogP contribution >= 0.6 is 0 Å². The number of amides is 1. The molecule has 2 N–H and O–H groups in total. The van der Waals surface area contributed by atoms with Crippen molar-refractivity contribution in [1.29, 1.82) is 0 Å². The highest BCUT2D eigenvalue weighted by Gasteiger charge is 2.20. The van der Waals surface area contributed by atoms with E-state index in [4.69, 9.17) is 0 Å². The number of hydrogen-bond acceptors (Lipinski definition) is 3. The first-order valence-electron chi connectivity index (χ1n) is 8.54. The van der Waals surface area contributed by atoms with E-state index in [1.807, 2.05) is 39.1 Å². The van der Waals surface area contributed by atoms with E-state index in [2.05, 4.69) is 10.3 Å². The van der Waals surface area contributed by atoms with Crippen LogP contribution in [-0.4, -0.2) is 26.4 Å². The summed E-state index contributed by atoms with van der Waals surface area (Å²) in [4.78, 5) is 28.9. The molecule has 0 saturated carbocycles. The van der Waals surface area contributed by atoms with Crippen LogP contribution in [0.15, 0.2) is 36.5 Å². The van der Waals surface area contributed by atoms with Crippen LogP contribution in [-0.2, 0) is 6.42 Å². The number of anilines is 1. The van der Waals surface area contributed by atoms with E-state index in [1.54, 1.807) is 10.5 Å². The molecule has 0 fully saturated rings. The summed E-state index contributed by atoms with van der Waals surface area (Å²) in [5, 5.41) is 12.0. The molecule has 1 aromatic carbocycles. The zero-order chi connectivity index (χ0) is 18.8. The second-order valence-corrected chi connectivity index (χ2v) is 6.33. The van der Waals surface area contributed by atoms with Crippen molar-refractivity contribution < 1.29 is 14.7 Å². The van der Waals surface area contributed by atoms with Gasteiger partial charge in [-0.05, 0) is 49.6 Å². The second-order valence-electron chi connectivity index (χ2n) is 6.33. The van der Waals surface area contributed by atoms with Crippen LogP contribution < -0.4 is 5.32 Å². The van der Waals surface area contributed by atoms with Gasteiger partial charge >= 0.3 is 5.97 Å². The highest BCUT2D eigenvalue weighted by Crippen LogP contribution is 2.21. The maximum atomic E-state index is 13.0. The number of fused-ring (bicyclic) bond motifs is 1. The molecule has 6 heteroatoms. The molecule has 0 aliphatic heterocycles. The van der Waals surface area contributed by atoms with Crippen molar-refractivity contribution >= 4 is 23.2 Å². The maximum absolute atomic E-state index is 13.0. The third-order valence-electron chi connectivity index (χ3n) is 4.35. The van der Waals surface area contributed by atoms with E-state index < -0.39 is 5.97 Å². The molecule has 0 radical (unpaired) electrons. The lowest BCUT2D eigenvalue weighted by Crippen LogP contribution is -2.17. The van der Waals surface area contributed by atoms with Gasteiger partial charge in [0, 0.05) is 11.9 Å². The lowest BCUT2D eigenvalue weighted by atomic mass is 10.1. The van der Waals surface area contributed by atoms with Crippen LogP contribution in [0.1, 0.15) is 51.0 Å². The van der Waals surface area contributed by atoms with Gasteiger partial charge in [0.05, 0.1) is 11.3 Å². The maximum Gasteiger partial charge on any atom is 0.335 e. The number of carboxylic acid groups (broad SMARTS) is 1. The van der Waals surface area contributed by atoms with E-state index in [0.29, 0.717) is 17.8 Å². The number of carbonyl (C=O) groups excluding carboxylic acids is 1. The predicted octanol–water partition coefficient (Wildman–Crippen LogP) is 3.85. The third-order valence-corrected chi connectivity index (χ3v) is 4.35. The molecule has 26 heavy (non-hydrogen) atoms. The molecule has 134 valence electrons. The van der Waals surface area contributed by atoms with E-state index in [-0.39, 0.29) is 11.5 Å². The van der Waals surface area contributed by atoms with E-state index in [0.717, 1.165) is 28.9 Å².